The zero-order valence-corrected chi connectivity index (χ0v) is 14.9. The third-order valence-corrected chi connectivity index (χ3v) is 4.55. The Kier molecular flexibility index (Phi) is 4.76. The summed E-state index contributed by atoms with van der Waals surface area (Å²) in [5.41, 5.74) is 1.28. The minimum Gasteiger partial charge on any atom is -0.460 e. The first-order chi connectivity index (χ1) is 11.9. The van der Waals surface area contributed by atoms with Crippen LogP contribution in [-0.2, 0) is 9.53 Å². The smallest absolute Gasteiger partial charge is 0.310 e. The summed E-state index contributed by atoms with van der Waals surface area (Å²) in [5.74, 6) is -0.298. The molecule has 0 bridgehead atoms. The third-order valence-electron chi connectivity index (χ3n) is 4.55. The van der Waals surface area contributed by atoms with Crippen LogP contribution >= 0.6 is 0 Å². The molecule has 2 aromatic rings. The lowest BCUT2D eigenvalue weighted by molar-refractivity contribution is -0.157. The molecular formula is C22H24O3. The molecule has 0 saturated heterocycles. The first kappa shape index (κ1) is 17.4. The van der Waals surface area contributed by atoms with Crippen LogP contribution in [0.25, 0.3) is 0 Å². The highest BCUT2D eigenvalue weighted by Gasteiger charge is 2.57. The molecular weight excluding hydrogens is 312 g/mol. The fraction of sp³-hybridized carbons (Fsp3) is 0.364. The molecule has 3 heteroatoms. The van der Waals surface area contributed by atoms with Crippen LogP contribution in [0, 0.1) is 11.8 Å². The molecule has 0 unspecified atom stereocenters. The Morgan fingerprint density at radius 3 is 2.04 bits per heavy atom. The highest BCUT2D eigenvalue weighted by Crippen LogP contribution is 2.57. The Morgan fingerprint density at radius 1 is 0.920 bits per heavy atom. The molecule has 0 heterocycles. The zero-order valence-electron chi connectivity index (χ0n) is 14.9. The van der Waals surface area contributed by atoms with Gasteiger partial charge < -0.3 is 4.74 Å². The number of ether oxygens (including phenoxy) is 1. The Bertz CT molecular complexity index is 744. The minimum absolute atomic E-state index is 0.00459. The second kappa shape index (κ2) is 6.83. The molecule has 0 radical (unpaired) electrons. The average Bonchev–Trinajstić information content (AvgIpc) is 3.29. The lowest BCUT2D eigenvalue weighted by Crippen LogP contribution is -2.25. The van der Waals surface area contributed by atoms with Crippen LogP contribution in [0.5, 0.6) is 0 Å². The molecule has 0 amide bonds. The number of rotatable bonds is 5. The van der Waals surface area contributed by atoms with Crippen LogP contribution < -0.4 is 0 Å². The fourth-order valence-electron chi connectivity index (χ4n) is 3.40. The summed E-state index contributed by atoms with van der Waals surface area (Å²) < 4.78 is 5.58. The van der Waals surface area contributed by atoms with Crippen molar-refractivity contribution in [1.29, 1.82) is 0 Å². The molecule has 3 rings (SSSR count). The van der Waals surface area contributed by atoms with Gasteiger partial charge in [-0.05, 0) is 32.3 Å². The number of hydrogen-bond acceptors (Lipinski definition) is 3. The third kappa shape index (κ3) is 4.16. The van der Waals surface area contributed by atoms with Gasteiger partial charge in [-0.1, -0.05) is 60.7 Å². The molecule has 1 saturated carbocycles. The SMILES string of the molecule is CC(C)(C)OC(=O)[C@@H]1[C@H](CC(=O)c2ccccc2)[C@H]1c1ccccc1. The molecule has 1 aliphatic rings. The summed E-state index contributed by atoms with van der Waals surface area (Å²) in [6, 6.07) is 19.2. The molecule has 3 nitrogen and oxygen atoms in total. The number of benzene rings is 2. The van der Waals surface area contributed by atoms with E-state index < -0.39 is 5.60 Å². The van der Waals surface area contributed by atoms with Gasteiger partial charge in [-0.25, -0.2) is 0 Å². The van der Waals surface area contributed by atoms with Crippen molar-refractivity contribution >= 4 is 11.8 Å². The van der Waals surface area contributed by atoms with Gasteiger partial charge >= 0.3 is 5.97 Å². The summed E-state index contributed by atoms with van der Waals surface area (Å²) in [7, 11) is 0. The van der Waals surface area contributed by atoms with Crippen LogP contribution in [0.3, 0.4) is 0 Å². The average molecular weight is 336 g/mol. The van der Waals surface area contributed by atoms with Gasteiger partial charge in [0.1, 0.15) is 5.60 Å². The van der Waals surface area contributed by atoms with E-state index in [1.165, 1.54) is 0 Å². The lowest BCUT2D eigenvalue weighted by Gasteiger charge is -2.19. The van der Waals surface area contributed by atoms with Gasteiger partial charge in [-0.3, -0.25) is 9.59 Å². The second-order valence-corrected chi connectivity index (χ2v) is 7.65. The van der Waals surface area contributed by atoms with E-state index >= 15 is 0 Å². The quantitative estimate of drug-likeness (QED) is 0.590. The number of carbonyl (C=O) groups is 2. The molecule has 130 valence electrons. The molecule has 1 aliphatic carbocycles. The predicted octanol–water partition coefficient (Wildman–Crippen LogP) is 4.63. The van der Waals surface area contributed by atoms with E-state index in [0.717, 1.165) is 5.56 Å². The van der Waals surface area contributed by atoms with Crippen molar-refractivity contribution in [3.05, 3.63) is 71.8 Å². The van der Waals surface area contributed by atoms with Crippen molar-refractivity contribution in [3.8, 4) is 0 Å². The fourth-order valence-corrected chi connectivity index (χ4v) is 3.40. The molecule has 1 fully saturated rings. The van der Waals surface area contributed by atoms with Crippen molar-refractivity contribution in [2.24, 2.45) is 11.8 Å². The Balaban J connectivity index is 1.77. The molecule has 25 heavy (non-hydrogen) atoms. The maximum atomic E-state index is 12.6. The molecule has 0 spiro atoms. The van der Waals surface area contributed by atoms with E-state index in [0.29, 0.717) is 12.0 Å². The van der Waals surface area contributed by atoms with E-state index in [4.69, 9.17) is 4.74 Å². The van der Waals surface area contributed by atoms with Crippen LogP contribution in [-0.4, -0.2) is 17.4 Å². The topological polar surface area (TPSA) is 43.4 Å². The van der Waals surface area contributed by atoms with Crippen LogP contribution in [0.2, 0.25) is 0 Å². The summed E-state index contributed by atoms with van der Waals surface area (Å²) in [4.78, 5) is 25.2. The van der Waals surface area contributed by atoms with E-state index in [-0.39, 0.29) is 29.5 Å². The lowest BCUT2D eigenvalue weighted by atomic mass is 10.0. The first-order valence-electron chi connectivity index (χ1n) is 8.73. The van der Waals surface area contributed by atoms with E-state index in [1.54, 1.807) is 0 Å². The van der Waals surface area contributed by atoms with Gasteiger partial charge in [0.2, 0.25) is 0 Å². The van der Waals surface area contributed by atoms with Gasteiger partial charge in [-0.15, -0.1) is 0 Å². The van der Waals surface area contributed by atoms with Crippen LogP contribution in [0.15, 0.2) is 60.7 Å². The molecule has 0 N–H and O–H groups in total. The monoisotopic (exact) mass is 336 g/mol. The Hall–Kier alpha value is -2.42. The first-order valence-corrected chi connectivity index (χ1v) is 8.73. The van der Waals surface area contributed by atoms with Gasteiger partial charge in [0, 0.05) is 17.9 Å². The molecule has 2 aromatic carbocycles. The molecule has 0 aliphatic heterocycles. The number of esters is 1. The zero-order chi connectivity index (χ0) is 18.0. The van der Waals surface area contributed by atoms with Crippen molar-refractivity contribution in [3.63, 3.8) is 0 Å². The van der Waals surface area contributed by atoms with Gasteiger partial charge in [0.05, 0.1) is 5.92 Å². The predicted molar refractivity (Wildman–Crippen MR) is 97.4 cm³/mol. The van der Waals surface area contributed by atoms with Gasteiger partial charge in [-0.2, -0.15) is 0 Å². The van der Waals surface area contributed by atoms with Crippen LogP contribution in [0.4, 0.5) is 0 Å². The van der Waals surface area contributed by atoms with Gasteiger partial charge in [0.25, 0.3) is 0 Å². The minimum atomic E-state index is -0.519. The largest absolute Gasteiger partial charge is 0.460 e. The standard InChI is InChI=1S/C22H24O3/c1-22(2,3)25-21(24)20-17(19(20)16-12-8-5-9-13-16)14-18(23)15-10-6-4-7-11-15/h4-13,17,19-20H,14H2,1-3H3/t17-,19-,20-/m1/s1. The highest BCUT2D eigenvalue weighted by atomic mass is 16.6. The summed E-state index contributed by atoms with van der Waals surface area (Å²) in [6.07, 6.45) is 0.369. The van der Waals surface area contributed by atoms with Gasteiger partial charge in [0.15, 0.2) is 5.78 Å². The highest BCUT2D eigenvalue weighted by molar-refractivity contribution is 5.97. The summed E-state index contributed by atoms with van der Waals surface area (Å²) in [5, 5.41) is 0. The maximum Gasteiger partial charge on any atom is 0.310 e. The summed E-state index contributed by atoms with van der Waals surface area (Å²) in [6.45, 7) is 5.61. The number of Topliss-reactive ketones (excluding diaryl/α,β-unsaturated/α-hetero) is 1. The normalized spacial score (nSPS) is 22.3. The second-order valence-electron chi connectivity index (χ2n) is 7.65. The maximum absolute atomic E-state index is 12.6. The Labute approximate surface area is 149 Å². The molecule has 3 atom stereocenters. The van der Waals surface area contributed by atoms with Crippen molar-refractivity contribution in [2.75, 3.05) is 0 Å². The molecule has 0 aromatic heterocycles. The summed E-state index contributed by atoms with van der Waals surface area (Å²) >= 11 is 0. The van der Waals surface area contributed by atoms with Crippen molar-refractivity contribution in [1.82, 2.24) is 0 Å². The number of carbonyl (C=O) groups excluding carboxylic acids is 2. The van der Waals surface area contributed by atoms with Crippen molar-refractivity contribution < 1.29 is 14.3 Å². The van der Waals surface area contributed by atoms with E-state index in [9.17, 15) is 9.59 Å². The van der Waals surface area contributed by atoms with Crippen molar-refractivity contribution in [2.45, 2.75) is 38.7 Å². The Morgan fingerprint density at radius 2 is 1.48 bits per heavy atom. The van der Waals surface area contributed by atoms with E-state index in [1.807, 2.05) is 81.4 Å². The van der Waals surface area contributed by atoms with Crippen LogP contribution in [0.1, 0.15) is 49.0 Å². The van der Waals surface area contributed by atoms with E-state index in [2.05, 4.69) is 0 Å². The number of hydrogen-bond donors (Lipinski definition) is 0. The number of ketones is 1.